The average Bonchev–Trinajstić information content (AvgIpc) is 2.95. The van der Waals surface area contributed by atoms with Gasteiger partial charge in [0.05, 0.1) is 15.9 Å². The maximum absolute atomic E-state index is 4.69. The van der Waals surface area contributed by atoms with Crippen LogP contribution in [0.5, 0.6) is 0 Å². The first kappa shape index (κ1) is 13.1. The third-order valence-corrected chi connectivity index (χ3v) is 4.06. The number of fused-ring (bicyclic) bond motifs is 1. The van der Waals surface area contributed by atoms with Crippen LogP contribution in [0.4, 0.5) is 5.82 Å². The summed E-state index contributed by atoms with van der Waals surface area (Å²) in [7, 11) is 0. The third kappa shape index (κ3) is 2.27. The first-order chi connectivity index (χ1) is 9.66. The Balaban J connectivity index is 2.19. The molecule has 0 saturated carbocycles. The molecule has 0 spiro atoms. The number of aryl methyl sites for hydroxylation is 1. The molecule has 2 heterocycles. The van der Waals surface area contributed by atoms with E-state index in [1.165, 1.54) is 0 Å². The quantitative estimate of drug-likeness (QED) is 0.676. The molecule has 0 aliphatic carbocycles. The Morgan fingerprint density at radius 3 is 2.60 bits per heavy atom. The second kappa shape index (κ2) is 5.21. The van der Waals surface area contributed by atoms with E-state index in [0.29, 0.717) is 0 Å². The number of halogens is 1. The van der Waals surface area contributed by atoms with E-state index in [1.54, 1.807) is 0 Å². The minimum Gasteiger partial charge on any atom is -0.347 e. The molecule has 0 aliphatic rings. The molecule has 1 aromatic carbocycles. The van der Waals surface area contributed by atoms with Crippen LogP contribution >= 0.6 is 15.9 Å². The van der Waals surface area contributed by atoms with Crippen LogP contribution in [0.15, 0.2) is 52.1 Å². The molecule has 2 aromatic heterocycles. The molecule has 20 heavy (non-hydrogen) atoms. The van der Waals surface area contributed by atoms with E-state index in [4.69, 9.17) is 0 Å². The molecule has 0 saturated heterocycles. The lowest BCUT2D eigenvalue weighted by Gasteiger charge is -2.09. The molecular weight excluding hydrogens is 314 g/mol. The van der Waals surface area contributed by atoms with Gasteiger partial charge in [-0.05, 0) is 47.3 Å². The van der Waals surface area contributed by atoms with Crippen molar-refractivity contribution in [3.8, 4) is 0 Å². The van der Waals surface area contributed by atoms with E-state index in [1.807, 2.05) is 44.3 Å². The van der Waals surface area contributed by atoms with Crippen LogP contribution in [0.1, 0.15) is 18.3 Å². The lowest BCUT2D eigenvalue weighted by atomic mass is 10.1. The van der Waals surface area contributed by atoms with Crippen molar-refractivity contribution in [3.63, 3.8) is 0 Å². The van der Waals surface area contributed by atoms with Gasteiger partial charge in [-0.3, -0.25) is 0 Å². The van der Waals surface area contributed by atoms with E-state index in [9.17, 15) is 0 Å². The van der Waals surface area contributed by atoms with Crippen LogP contribution in [0.2, 0.25) is 0 Å². The van der Waals surface area contributed by atoms with Gasteiger partial charge in [-0.15, -0.1) is 0 Å². The maximum Gasteiger partial charge on any atom is 0.130 e. The van der Waals surface area contributed by atoms with Crippen LogP contribution in [-0.2, 0) is 0 Å². The highest BCUT2D eigenvalue weighted by molar-refractivity contribution is 9.10. The van der Waals surface area contributed by atoms with Gasteiger partial charge >= 0.3 is 0 Å². The molecule has 3 aromatic rings. The lowest BCUT2D eigenvalue weighted by Crippen LogP contribution is -2.02. The maximum atomic E-state index is 4.69. The molecule has 0 radical (unpaired) electrons. The summed E-state index contributed by atoms with van der Waals surface area (Å²) < 4.78 is 0.992. The molecular formula is C16H14BrN3. The zero-order valence-electron chi connectivity index (χ0n) is 11.3. The van der Waals surface area contributed by atoms with E-state index in [0.717, 1.165) is 38.2 Å². The van der Waals surface area contributed by atoms with Gasteiger partial charge in [-0.2, -0.15) is 0 Å². The predicted molar refractivity (Wildman–Crippen MR) is 86.8 cm³/mol. The number of aromatic nitrogens is 2. The number of benzene rings is 1. The van der Waals surface area contributed by atoms with Gasteiger partial charge in [-0.25, -0.2) is 9.98 Å². The largest absolute Gasteiger partial charge is 0.347 e. The van der Waals surface area contributed by atoms with Crippen LogP contribution in [-0.4, -0.2) is 15.7 Å². The second-order valence-electron chi connectivity index (χ2n) is 4.66. The van der Waals surface area contributed by atoms with Crippen LogP contribution in [0, 0.1) is 6.92 Å². The van der Waals surface area contributed by atoms with Gasteiger partial charge in [0.25, 0.3) is 0 Å². The minimum atomic E-state index is 0.835. The molecule has 100 valence electrons. The summed E-state index contributed by atoms with van der Waals surface area (Å²) in [5.41, 5.74) is 2.78. The summed E-state index contributed by atoms with van der Waals surface area (Å²) in [5, 5.41) is 2.33. The standard InChI is InChI=1S/C16H14BrN3/c1-10-12-6-3-4-7-13(12)15(17)16(20-10)11(2)19-14-8-5-9-18-14/h3-9,18H,1-2H3. The SMILES string of the molecule is CC(=Nc1ccc[nH]1)c1nc(C)c2ccccc2c1Br. The Kier molecular flexibility index (Phi) is 3.40. The third-order valence-electron chi connectivity index (χ3n) is 3.25. The minimum absolute atomic E-state index is 0.835. The summed E-state index contributed by atoms with van der Waals surface area (Å²) in [6.45, 7) is 4.00. The monoisotopic (exact) mass is 327 g/mol. The Morgan fingerprint density at radius 2 is 1.90 bits per heavy atom. The molecule has 0 aliphatic heterocycles. The van der Waals surface area contributed by atoms with Gasteiger partial charge in [-0.1, -0.05) is 24.3 Å². The van der Waals surface area contributed by atoms with Crippen molar-refractivity contribution in [2.75, 3.05) is 0 Å². The zero-order chi connectivity index (χ0) is 14.1. The fourth-order valence-corrected chi connectivity index (χ4v) is 2.98. The average molecular weight is 328 g/mol. The fourth-order valence-electron chi connectivity index (χ4n) is 2.26. The van der Waals surface area contributed by atoms with E-state index < -0.39 is 0 Å². The highest BCUT2D eigenvalue weighted by atomic mass is 79.9. The number of nitrogens with one attached hydrogen (secondary N) is 1. The number of rotatable bonds is 2. The van der Waals surface area contributed by atoms with Gasteiger partial charge in [0.15, 0.2) is 0 Å². The van der Waals surface area contributed by atoms with Crippen LogP contribution in [0.25, 0.3) is 10.8 Å². The van der Waals surface area contributed by atoms with Crippen molar-refractivity contribution in [2.24, 2.45) is 4.99 Å². The molecule has 0 amide bonds. The van der Waals surface area contributed by atoms with Crippen LogP contribution in [0.3, 0.4) is 0 Å². The topological polar surface area (TPSA) is 41.0 Å². The zero-order valence-corrected chi connectivity index (χ0v) is 12.9. The molecule has 4 heteroatoms. The predicted octanol–water partition coefficient (Wildman–Crippen LogP) is 4.77. The van der Waals surface area contributed by atoms with Crippen molar-refractivity contribution in [3.05, 3.63) is 58.5 Å². The Labute approximate surface area is 125 Å². The number of aromatic amines is 1. The number of nitrogens with zero attached hydrogens (tertiary/aromatic N) is 2. The van der Waals surface area contributed by atoms with E-state index >= 15 is 0 Å². The summed E-state index contributed by atoms with van der Waals surface area (Å²) in [5.74, 6) is 0.835. The second-order valence-corrected chi connectivity index (χ2v) is 5.45. The summed E-state index contributed by atoms with van der Waals surface area (Å²) in [6, 6.07) is 12.1. The van der Waals surface area contributed by atoms with Crippen LogP contribution < -0.4 is 0 Å². The Hall–Kier alpha value is -1.94. The molecule has 0 unspecified atom stereocenters. The summed E-state index contributed by atoms with van der Waals surface area (Å²) in [6.07, 6.45) is 1.86. The smallest absolute Gasteiger partial charge is 0.130 e. The van der Waals surface area contributed by atoms with E-state index in [2.05, 4.69) is 43.0 Å². The van der Waals surface area contributed by atoms with Gasteiger partial charge in [0.2, 0.25) is 0 Å². The molecule has 3 rings (SSSR count). The van der Waals surface area contributed by atoms with Crippen molar-refractivity contribution >= 4 is 38.2 Å². The number of pyridine rings is 1. The first-order valence-corrected chi connectivity index (χ1v) is 7.20. The van der Waals surface area contributed by atoms with Crippen molar-refractivity contribution in [1.29, 1.82) is 0 Å². The lowest BCUT2D eigenvalue weighted by molar-refractivity contribution is 1.19. The van der Waals surface area contributed by atoms with Crippen molar-refractivity contribution < 1.29 is 0 Å². The molecule has 0 bridgehead atoms. The summed E-state index contributed by atoms with van der Waals surface area (Å²) >= 11 is 3.67. The number of hydrogen-bond acceptors (Lipinski definition) is 2. The molecule has 0 atom stereocenters. The Morgan fingerprint density at radius 1 is 1.15 bits per heavy atom. The number of hydrogen-bond donors (Lipinski definition) is 1. The normalized spacial score (nSPS) is 12.1. The first-order valence-electron chi connectivity index (χ1n) is 6.40. The fraction of sp³-hybridized carbons (Fsp3) is 0.125. The van der Waals surface area contributed by atoms with Crippen molar-refractivity contribution in [1.82, 2.24) is 9.97 Å². The highest BCUT2D eigenvalue weighted by Crippen LogP contribution is 2.29. The van der Waals surface area contributed by atoms with Gasteiger partial charge < -0.3 is 4.98 Å². The summed E-state index contributed by atoms with van der Waals surface area (Å²) in [4.78, 5) is 12.3. The molecule has 0 fully saturated rings. The van der Waals surface area contributed by atoms with Gasteiger partial charge in [0.1, 0.15) is 5.82 Å². The van der Waals surface area contributed by atoms with Gasteiger partial charge in [0, 0.05) is 17.3 Å². The Bertz CT molecular complexity index is 789. The molecule has 3 nitrogen and oxygen atoms in total. The van der Waals surface area contributed by atoms with E-state index in [-0.39, 0.29) is 0 Å². The highest BCUT2D eigenvalue weighted by Gasteiger charge is 2.12. The number of H-pyrrole nitrogens is 1. The van der Waals surface area contributed by atoms with Crippen molar-refractivity contribution in [2.45, 2.75) is 13.8 Å². The number of aliphatic imine (C=N–C) groups is 1. The molecule has 1 N–H and O–H groups in total.